The molecule has 136 valence electrons. The number of hydrogen-bond donors (Lipinski definition) is 1. The van der Waals surface area contributed by atoms with E-state index in [1.807, 2.05) is 12.1 Å². The molecule has 5 nitrogen and oxygen atoms in total. The minimum atomic E-state index is -0.212. The number of carbonyl (C=O) groups excluding carboxylic acids is 2. The van der Waals surface area contributed by atoms with Crippen molar-refractivity contribution in [1.82, 2.24) is 4.90 Å². The summed E-state index contributed by atoms with van der Waals surface area (Å²) in [6.07, 6.45) is 1.77. The standard InChI is InChI=1S/C21H24N2O3/c1-23-12-10-15(11-13-23)20(24)17-4-3-5-18(14-17)22-21(25)16-6-8-19(26-2)9-7-16/h3-9,14-15H,10-13H2,1-2H3,(H,22,25). The van der Waals surface area contributed by atoms with Crippen LogP contribution in [0.25, 0.3) is 0 Å². The largest absolute Gasteiger partial charge is 0.497 e. The summed E-state index contributed by atoms with van der Waals surface area (Å²) in [4.78, 5) is 27.4. The number of nitrogens with zero attached hydrogens (tertiary/aromatic N) is 1. The van der Waals surface area contributed by atoms with E-state index in [9.17, 15) is 9.59 Å². The van der Waals surface area contributed by atoms with Crippen molar-refractivity contribution in [1.29, 1.82) is 0 Å². The molecule has 1 aliphatic rings. The highest BCUT2D eigenvalue weighted by atomic mass is 16.5. The first kappa shape index (κ1) is 18.1. The van der Waals surface area contributed by atoms with Crippen molar-refractivity contribution in [3.8, 4) is 5.75 Å². The van der Waals surface area contributed by atoms with E-state index in [-0.39, 0.29) is 17.6 Å². The van der Waals surface area contributed by atoms with Crippen LogP contribution < -0.4 is 10.1 Å². The zero-order valence-electron chi connectivity index (χ0n) is 15.2. The Morgan fingerprint density at radius 3 is 2.38 bits per heavy atom. The summed E-state index contributed by atoms with van der Waals surface area (Å²) in [5.74, 6) is 0.723. The number of piperidine rings is 1. The molecule has 0 aliphatic carbocycles. The van der Waals surface area contributed by atoms with Crippen LogP contribution in [0.3, 0.4) is 0 Å². The van der Waals surface area contributed by atoms with Gasteiger partial charge >= 0.3 is 0 Å². The number of carbonyl (C=O) groups is 2. The van der Waals surface area contributed by atoms with Gasteiger partial charge in [-0.2, -0.15) is 0 Å². The van der Waals surface area contributed by atoms with E-state index in [0.29, 0.717) is 22.6 Å². The van der Waals surface area contributed by atoms with Gasteiger partial charge in [0.2, 0.25) is 0 Å². The number of methoxy groups -OCH3 is 1. The fourth-order valence-electron chi connectivity index (χ4n) is 3.20. The molecule has 0 bridgehead atoms. The summed E-state index contributed by atoms with van der Waals surface area (Å²) in [5.41, 5.74) is 1.83. The molecule has 1 amide bonds. The predicted octanol–water partition coefficient (Wildman–Crippen LogP) is 3.47. The van der Waals surface area contributed by atoms with Crippen molar-refractivity contribution in [2.45, 2.75) is 12.8 Å². The van der Waals surface area contributed by atoms with Gasteiger partial charge in [0.1, 0.15) is 5.75 Å². The van der Waals surface area contributed by atoms with Crippen LogP contribution in [-0.2, 0) is 0 Å². The lowest BCUT2D eigenvalue weighted by atomic mass is 9.89. The minimum absolute atomic E-state index is 0.0683. The topological polar surface area (TPSA) is 58.6 Å². The summed E-state index contributed by atoms with van der Waals surface area (Å²) in [6, 6.07) is 14.1. The number of benzene rings is 2. The Morgan fingerprint density at radius 1 is 1.04 bits per heavy atom. The fraction of sp³-hybridized carbons (Fsp3) is 0.333. The van der Waals surface area contributed by atoms with Gasteiger partial charge in [-0.15, -0.1) is 0 Å². The van der Waals surface area contributed by atoms with E-state index in [1.165, 1.54) is 0 Å². The highest BCUT2D eigenvalue weighted by Gasteiger charge is 2.24. The number of amides is 1. The number of hydrogen-bond acceptors (Lipinski definition) is 4. The first-order valence-electron chi connectivity index (χ1n) is 8.85. The van der Waals surface area contributed by atoms with Crippen molar-refractivity contribution < 1.29 is 14.3 Å². The minimum Gasteiger partial charge on any atom is -0.497 e. The number of ketones is 1. The quantitative estimate of drug-likeness (QED) is 0.837. The number of Topliss-reactive ketones (excluding diaryl/α,β-unsaturated/α-hetero) is 1. The Labute approximate surface area is 154 Å². The molecule has 0 unspecified atom stereocenters. The third-order valence-electron chi connectivity index (χ3n) is 4.85. The molecule has 0 saturated carbocycles. The van der Waals surface area contributed by atoms with Crippen molar-refractivity contribution in [3.63, 3.8) is 0 Å². The molecule has 1 aliphatic heterocycles. The normalized spacial score (nSPS) is 15.5. The number of anilines is 1. The van der Waals surface area contributed by atoms with Gasteiger partial charge in [0.25, 0.3) is 5.91 Å². The molecule has 1 saturated heterocycles. The predicted molar refractivity (Wildman–Crippen MR) is 102 cm³/mol. The lowest BCUT2D eigenvalue weighted by Gasteiger charge is -2.28. The molecule has 2 aromatic rings. The lowest BCUT2D eigenvalue weighted by molar-refractivity contribution is 0.0856. The molecule has 0 radical (unpaired) electrons. The van der Waals surface area contributed by atoms with Gasteiger partial charge in [0.15, 0.2) is 5.78 Å². The molecule has 2 aromatic carbocycles. The summed E-state index contributed by atoms with van der Waals surface area (Å²) in [5, 5.41) is 2.86. The maximum Gasteiger partial charge on any atom is 0.255 e. The highest BCUT2D eigenvalue weighted by molar-refractivity contribution is 6.05. The smallest absolute Gasteiger partial charge is 0.255 e. The zero-order valence-corrected chi connectivity index (χ0v) is 15.2. The van der Waals surface area contributed by atoms with E-state index in [4.69, 9.17) is 4.74 Å². The average Bonchev–Trinajstić information content (AvgIpc) is 2.68. The Hall–Kier alpha value is -2.66. The van der Waals surface area contributed by atoms with Crippen LogP contribution in [0, 0.1) is 5.92 Å². The van der Waals surface area contributed by atoms with Gasteiger partial charge in [-0.1, -0.05) is 12.1 Å². The van der Waals surface area contributed by atoms with Crippen molar-refractivity contribution in [2.24, 2.45) is 5.92 Å². The Balaban J connectivity index is 1.68. The fourth-order valence-corrected chi connectivity index (χ4v) is 3.20. The summed E-state index contributed by atoms with van der Waals surface area (Å²) in [6.45, 7) is 1.90. The third-order valence-corrected chi connectivity index (χ3v) is 4.85. The van der Waals surface area contributed by atoms with Gasteiger partial charge in [-0.25, -0.2) is 0 Å². The van der Waals surface area contributed by atoms with Crippen LogP contribution in [0.2, 0.25) is 0 Å². The first-order chi connectivity index (χ1) is 12.6. The highest BCUT2D eigenvalue weighted by Crippen LogP contribution is 2.23. The van der Waals surface area contributed by atoms with Crippen LogP contribution in [0.5, 0.6) is 5.75 Å². The van der Waals surface area contributed by atoms with Crippen LogP contribution in [0.1, 0.15) is 33.6 Å². The van der Waals surface area contributed by atoms with Gasteiger partial charge in [0, 0.05) is 22.7 Å². The number of ether oxygens (including phenoxy) is 1. The molecule has 26 heavy (non-hydrogen) atoms. The van der Waals surface area contributed by atoms with E-state index in [1.54, 1.807) is 43.5 Å². The molecule has 5 heteroatoms. The molecular weight excluding hydrogens is 328 g/mol. The second-order valence-electron chi connectivity index (χ2n) is 6.71. The van der Waals surface area contributed by atoms with E-state index >= 15 is 0 Å². The van der Waals surface area contributed by atoms with Crippen LogP contribution in [0.4, 0.5) is 5.69 Å². The maximum atomic E-state index is 12.7. The SMILES string of the molecule is COc1ccc(C(=O)Nc2cccc(C(=O)C3CCN(C)CC3)c2)cc1. The summed E-state index contributed by atoms with van der Waals surface area (Å²) in [7, 11) is 3.66. The van der Waals surface area contributed by atoms with Crippen LogP contribution >= 0.6 is 0 Å². The number of nitrogens with one attached hydrogen (secondary N) is 1. The maximum absolute atomic E-state index is 12.7. The van der Waals surface area contributed by atoms with E-state index < -0.39 is 0 Å². The Bertz CT molecular complexity index is 778. The van der Waals surface area contributed by atoms with Crippen molar-refractivity contribution in [2.75, 3.05) is 32.6 Å². The molecule has 1 fully saturated rings. The summed E-state index contributed by atoms with van der Waals surface area (Å²) >= 11 is 0. The van der Waals surface area contributed by atoms with Gasteiger partial charge in [0.05, 0.1) is 7.11 Å². The molecular formula is C21H24N2O3. The number of likely N-dealkylation sites (tertiary alicyclic amines) is 1. The average molecular weight is 352 g/mol. The van der Waals surface area contributed by atoms with Crippen LogP contribution in [0.15, 0.2) is 48.5 Å². The van der Waals surface area contributed by atoms with Gasteiger partial charge in [-0.05, 0) is 69.4 Å². The Morgan fingerprint density at radius 2 is 1.73 bits per heavy atom. The molecule has 1 N–H and O–H groups in total. The second kappa shape index (κ2) is 8.15. The summed E-state index contributed by atoms with van der Waals surface area (Å²) < 4.78 is 5.10. The number of rotatable bonds is 5. The molecule has 0 spiro atoms. The first-order valence-corrected chi connectivity index (χ1v) is 8.85. The zero-order chi connectivity index (χ0) is 18.5. The van der Waals surface area contributed by atoms with E-state index in [0.717, 1.165) is 25.9 Å². The molecule has 3 rings (SSSR count). The third kappa shape index (κ3) is 4.29. The van der Waals surface area contributed by atoms with E-state index in [2.05, 4.69) is 17.3 Å². The van der Waals surface area contributed by atoms with Crippen molar-refractivity contribution >= 4 is 17.4 Å². The molecule has 1 heterocycles. The molecule has 0 atom stereocenters. The second-order valence-corrected chi connectivity index (χ2v) is 6.71. The van der Waals surface area contributed by atoms with Gasteiger partial charge < -0.3 is 15.0 Å². The lowest BCUT2D eigenvalue weighted by Crippen LogP contribution is -2.33. The van der Waals surface area contributed by atoms with Crippen LogP contribution in [-0.4, -0.2) is 43.8 Å². The molecule has 0 aromatic heterocycles. The monoisotopic (exact) mass is 352 g/mol. The Kier molecular flexibility index (Phi) is 5.68. The van der Waals surface area contributed by atoms with Gasteiger partial charge in [-0.3, -0.25) is 9.59 Å². The van der Waals surface area contributed by atoms with Crippen molar-refractivity contribution in [3.05, 3.63) is 59.7 Å².